The minimum atomic E-state index is 1.03. The van der Waals surface area contributed by atoms with Gasteiger partial charge in [0.25, 0.3) is 0 Å². The van der Waals surface area contributed by atoms with Crippen LogP contribution < -0.4 is 0 Å². The average Bonchev–Trinajstić information content (AvgIpc) is 2.68. The normalized spacial score (nSPS) is 15.4. The maximum Gasteiger partial charge on any atom is 0.0790 e. The van der Waals surface area contributed by atoms with Gasteiger partial charge in [0.15, 0.2) is 0 Å². The van der Waals surface area contributed by atoms with Crippen LogP contribution in [0, 0.1) is 6.92 Å². The summed E-state index contributed by atoms with van der Waals surface area (Å²) in [6.07, 6.45) is 3.43. The maximum atomic E-state index is 5.12. The lowest BCUT2D eigenvalue weighted by molar-refractivity contribution is 0.318. The van der Waals surface area contributed by atoms with E-state index in [9.17, 15) is 0 Å². The number of benzene rings is 2. The summed E-state index contributed by atoms with van der Waals surface area (Å²) < 4.78 is 0. The number of aryl methyl sites for hydroxylation is 1. The molecule has 2 nitrogen and oxygen atoms in total. The standard InChI is InChI=1S/C23H24N2/c1-3-25-14-12-18(13-15-25)22-16-19-9-5-7-11-21(19)23(24-22)20-10-6-4-8-17(20)2/h4-12,16H,3,13-15H2,1-2H3. The average molecular weight is 328 g/mol. The Bertz CT molecular complexity index is 940. The molecule has 0 atom stereocenters. The summed E-state index contributed by atoms with van der Waals surface area (Å²) in [7, 11) is 0. The smallest absolute Gasteiger partial charge is 0.0790 e. The highest BCUT2D eigenvalue weighted by Crippen LogP contribution is 2.32. The molecule has 0 bridgehead atoms. The van der Waals surface area contributed by atoms with Crippen LogP contribution in [0.1, 0.15) is 24.6 Å². The van der Waals surface area contributed by atoms with Crippen molar-refractivity contribution >= 4 is 16.3 Å². The summed E-state index contributed by atoms with van der Waals surface area (Å²) in [5.41, 5.74) is 6.11. The fourth-order valence-electron chi connectivity index (χ4n) is 3.64. The molecule has 0 spiro atoms. The van der Waals surface area contributed by atoms with E-state index in [1.165, 1.54) is 27.5 Å². The highest BCUT2D eigenvalue weighted by molar-refractivity contribution is 5.96. The van der Waals surface area contributed by atoms with Crippen molar-refractivity contribution in [1.29, 1.82) is 0 Å². The Morgan fingerprint density at radius 2 is 1.84 bits per heavy atom. The van der Waals surface area contributed by atoms with E-state index in [4.69, 9.17) is 4.98 Å². The Balaban J connectivity index is 1.88. The van der Waals surface area contributed by atoms with Gasteiger partial charge in [-0.1, -0.05) is 61.5 Å². The Morgan fingerprint density at radius 3 is 2.60 bits per heavy atom. The topological polar surface area (TPSA) is 16.1 Å². The Labute approximate surface area is 149 Å². The number of aromatic nitrogens is 1. The van der Waals surface area contributed by atoms with Crippen molar-refractivity contribution in [2.75, 3.05) is 19.6 Å². The van der Waals surface area contributed by atoms with Gasteiger partial charge < -0.3 is 0 Å². The molecule has 0 N–H and O–H groups in total. The molecular weight excluding hydrogens is 304 g/mol. The Morgan fingerprint density at radius 1 is 1.04 bits per heavy atom. The molecule has 2 aromatic carbocycles. The van der Waals surface area contributed by atoms with Gasteiger partial charge in [-0.2, -0.15) is 0 Å². The first-order chi connectivity index (χ1) is 12.3. The van der Waals surface area contributed by atoms with Gasteiger partial charge in [-0.25, -0.2) is 4.98 Å². The number of hydrogen-bond acceptors (Lipinski definition) is 2. The van der Waals surface area contributed by atoms with Crippen molar-refractivity contribution in [2.24, 2.45) is 0 Å². The molecule has 3 aromatic rings. The molecule has 0 unspecified atom stereocenters. The fraction of sp³-hybridized carbons (Fsp3) is 0.261. The second-order valence-electron chi connectivity index (χ2n) is 6.76. The van der Waals surface area contributed by atoms with E-state index in [0.717, 1.165) is 37.4 Å². The number of rotatable bonds is 3. The van der Waals surface area contributed by atoms with Crippen LogP contribution >= 0.6 is 0 Å². The van der Waals surface area contributed by atoms with Crippen LogP contribution in [0.4, 0.5) is 0 Å². The summed E-state index contributed by atoms with van der Waals surface area (Å²) >= 11 is 0. The third kappa shape index (κ3) is 3.10. The highest BCUT2D eigenvalue weighted by atomic mass is 15.1. The minimum absolute atomic E-state index is 1.03. The van der Waals surface area contributed by atoms with Crippen molar-refractivity contribution in [1.82, 2.24) is 9.88 Å². The van der Waals surface area contributed by atoms with Gasteiger partial charge in [0.2, 0.25) is 0 Å². The SMILES string of the molecule is CCN1CC=C(c2cc3ccccc3c(-c3ccccc3C)n2)CC1. The minimum Gasteiger partial charge on any atom is -0.300 e. The van der Waals surface area contributed by atoms with Crippen molar-refractivity contribution in [3.05, 3.63) is 71.9 Å². The number of fused-ring (bicyclic) bond motifs is 1. The molecule has 1 aromatic heterocycles. The lowest BCUT2D eigenvalue weighted by Crippen LogP contribution is -2.28. The van der Waals surface area contributed by atoms with Gasteiger partial charge >= 0.3 is 0 Å². The molecule has 25 heavy (non-hydrogen) atoms. The molecule has 2 heterocycles. The fourth-order valence-corrected chi connectivity index (χ4v) is 3.64. The van der Waals surface area contributed by atoms with Crippen LogP contribution in [0.3, 0.4) is 0 Å². The van der Waals surface area contributed by atoms with E-state index in [1.54, 1.807) is 0 Å². The Hall–Kier alpha value is -2.45. The predicted octanol–water partition coefficient (Wildman–Crippen LogP) is 5.32. The van der Waals surface area contributed by atoms with E-state index in [-0.39, 0.29) is 0 Å². The molecule has 0 saturated heterocycles. The summed E-state index contributed by atoms with van der Waals surface area (Å²) in [5.74, 6) is 0. The molecule has 0 saturated carbocycles. The van der Waals surface area contributed by atoms with Crippen LogP contribution in [0.2, 0.25) is 0 Å². The van der Waals surface area contributed by atoms with E-state index >= 15 is 0 Å². The van der Waals surface area contributed by atoms with Gasteiger partial charge in [-0.05, 0) is 42.5 Å². The van der Waals surface area contributed by atoms with Gasteiger partial charge in [0, 0.05) is 24.0 Å². The highest BCUT2D eigenvalue weighted by Gasteiger charge is 2.15. The zero-order chi connectivity index (χ0) is 17.2. The number of nitrogens with zero attached hydrogens (tertiary/aromatic N) is 2. The van der Waals surface area contributed by atoms with E-state index < -0.39 is 0 Å². The molecule has 1 aliphatic rings. The second-order valence-corrected chi connectivity index (χ2v) is 6.76. The summed E-state index contributed by atoms with van der Waals surface area (Å²) in [6, 6.07) is 19.4. The molecule has 0 fully saturated rings. The van der Waals surface area contributed by atoms with Gasteiger partial charge in [0.05, 0.1) is 11.4 Å². The lowest BCUT2D eigenvalue weighted by Gasteiger charge is -2.25. The van der Waals surface area contributed by atoms with Crippen LogP contribution in [0.15, 0.2) is 60.7 Å². The summed E-state index contributed by atoms with van der Waals surface area (Å²) in [4.78, 5) is 7.58. The molecule has 0 radical (unpaired) electrons. The number of likely N-dealkylation sites (N-methyl/N-ethyl adjacent to an activating group) is 1. The Kier molecular flexibility index (Phi) is 4.37. The van der Waals surface area contributed by atoms with Crippen LogP contribution in [0.5, 0.6) is 0 Å². The van der Waals surface area contributed by atoms with Gasteiger partial charge in [0.1, 0.15) is 0 Å². The predicted molar refractivity (Wildman–Crippen MR) is 107 cm³/mol. The molecular formula is C23H24N2. The van der Waals surface area contributed by atoms with Crippen LogP contribution in [-0.2, 0) is 0 Å². The van der Waals surface area contributed by atoms with Crippen LogP contribution in [0.25, 0.3) is 27.6 Å². The largest absolute Gasteiger partial charge is 0.300 e. The molecule has 0 aliphatic carbocycles. The van der Waals surface area contributed by atoms with E-state index in [1.807, 2.05) is 0 Å². The van der Waals surface area contributed by atoms with Gasteiger partial charge in [-0.15, -0.1) is 0 Å². The molecule has 1 aliphatic heterocycles. The molecule has 4 rings (SSSR count). The molecule has 0 amide bonds. The third-order valence-corrected chi connectivity index (χ3v) is 5.21. The van der Waals surface area contributed by atoms with E-state index in [2.05, 4.69) is 79.4 Å². The first kappa shape index (κ1) is 16.0. The monoisotopic (exact) mass is 328 g/mol. The van der Waals surface area contributed by atoms with Crippen molar-refractivity contribution < 1.29 is 0 Å². The summed E-state index contributed by atoms with van der Waals surface area (Å²) in [5, 5.41) is 2.50. The molecule has 126 valence electrons. The molecule has 2 heteroatoms. The first-order valence-corrected chi connectivity index (χ1v) is 9.14. The quantitative estimate of drug-likeness (QED) is 0.647. The van der Waals surface area contributed by atoms with Crippen LogP contribution in [-0.4, -0.2) is 29.5 Å². The third-order valence-electron chi connectivity index (χ3n) is 5.21. The second kappa shape index (κ2) is 6.81. The van der Waals surface area contributed by atoms with E-state index in [0.29, 0.717) is 0 Å². The number of pyridine rings is 1. The van der Waals surface area contributed by atoms with Crippen molar-refractivity contribution in [3.8, 4) is 11.3 Å². The maximum absolute atomic E-state index is 5.12. The van der Waals surface area contributed by atoms with Gasteiger partial charge in [-0.3, -0.25) is 4.90 Å². The summed E-state index contributed by atoms with van der Waals surface area (Å²) in [6.45, 7) is 7.65. The number of hydrogen-bond donors (Lipinski definition) is 0. The zero-order valence-electron chi connectivity index (χ0n) is 15.0. The zero-order valence-corrected chi connectivity index (χ0v) is 15.0. The first-order valence-electron chi connectivity index (χ1n) is 9.14. The van der Waals surface area contributed by atoms with Crippen molar-refractivity contribution in [3.63, 3.8) is 0 Å². The van der Waals surface area contributed by atoms with Crippen molar-refractivity contribution in [2.45, 2.75) is 20.3 Å². The lowest BCUT2D eigenvalue weighted by atomic mass is 9.97.